The number of methoxy groups -OCH3 is 1. The van der Waals surface area contributed by atoms with E-state index in [-0.39, 0.29) is 0 Å². The van der Waals surface area contributed by atoms with E-state index in [0.717, 1.165) is 11.1 Å². The number of benzene rings is 2. The number of nitrogens with zero attached hydrogens (tertiary/aromatic N) is 1. The van der Waals surface area contributed by atoms with Gasteiger partial charge in [0.05, 0.1) is 18.4 Å². The van der Waals surface area contributed by atoms with Crippen LogP contribution in [-0.2, 0) is 9.47 Å². The van der Waals surface area contributed by atoms with Gasteiger partial charge in [-0.05, 0) is 44.5 Å². The molecular formula is C20H24N2O4. The Morgan fingerprint density at radius 3 is 2.31 bits per heavy atom. The highest BCUT2D eigenvalue weighted by atomic mass is 16.6. The second-order valence-electron chi connectivity index (χ2n) is 6.85. The number of esters is 1. The van der Waals surface area contributed by atoms with Crippen molar-refractivity contribution in [3.8, 4) is 11.1 Å². The Kier molecular flexibility index (Phi) is 5.55. The number of carbonyl (C=O) groups is 2. The van der Waals surface area contributed by atoms with E-state index in [4.69, 9.17) is 15.2 Å². The minimum atomic E-state index is -0.590. The number of ether oxygens (including phenoxy) is 2. The number of nitrogens with two attached hydrogens (primary N) is 1. The van der Waals surface area contributed by atoms with E-state index < -0.39 is 17.7 Å². The maximum Gasteiger partial charge on any atom is 0.414 e. The topological polar surface area (TPSA) is 81.9 Å². The van der Waals surface area contributed by atoms with Crippen molar-refractivity contribution >= 4 is 23.4 Å². The molecule has 26 heavy (non-hydrogen) atoms. The molecule has 0 saturated carbocycles. The molecule has 0 saturated heterocycles. The number of rotatable bonds is 3. The van der Waals surface area contributed by atoms with Crippen molar-refractivity contribution in [1.29, 1.82) is 0 Å². The number of anilines is 2. The first-order chi connectivity index (χ1) is 12.1. The molecule has 0 heterocycles. The van der Waals surface area contributed by atoms with Crippen molar-refractivity contribution in [1.82, 2.24) is 0 Å². The zero-order valence-electron chi connectivity index (χ0n) is 15.7. The number of hydrogen-bond donors (Lipinski definition) is 1. The van der Waals surface area contributed by atoms with Crippen molar-refractivity contribution in [3.63, 3.8) is 0 Å². The van der Waals surface area contributed by atoms with Crippen LogP contribution in [0.25, 0.3) is 11.1 Å². The van der Waals surface area contributed by atoms with Crippen molar-refractivity contribution in [2.45, 2.75) is 26.4 Å². The zero-order valence-corrected chi connectivity index (χ0v) is 15.7. The van der Waals surface area contributed by atoms with Gasteiger partial charge in [0.2, 0.25) is 0 Å². The molecule has 0 atom stereocenters. The number of amides is 1. The van der Waals surface area contributed by atoms with Gasteiger partial charge in [-0.1, -0.05) is 24.3 Å². The molecule has 6 nitrogen and oxygen atoms in total. The van der Waals surface area contributed by atoms with E-state index in [1.165, 1.54) is 12.0 Å². The van der Waals surface area contributed by atoms with Crippen LogP contribution in [0.3, 0.4) is 0 Å². The quantitative estimate of drug-likeness (QED) is 0.661. The Balaban J connectivity index is 2.42. The van der Waals surface area contributed by atoms with Gasteiger partial charge in [0, 0.05) is 18.3 Å². The van der Waals surface area contributed by atoms with Gasteiger partial charge >= 0.3 is 12.1 Å². The van der Waals surface area contributed by atoms with Crippen LogP contribution in [0.15, 0.2) is 42.5 Å². The van der Waals surface area contributed by atoms with Gasteiger partial charge in [-0.25, -0.2) is 9.59 Å². The summed E-state index contributed by atoms with van der Waals surface area (Å²) in [4.78, 5) is 25.6. The summed E-state index contributed by atoms with van der Waals surface area (Å²) in [6, 6.07) is 12.5. The molecule has 2 aromatic carbocycles. The summed E-state index contributed by atoms with van der Waals surface area (Å²) in [7, 11) is 2.96. The molecule has 6 heteroatoms. The third-order valence-electron chi connectivity index (χ3n) is 3.70. The highest BCUT2D eigenvalue weighted by Gasteiger charge is 2.22. The summed E-state index contributed by atoms with van der Waals surface area (Å²) < 4.78 is 10.1. The lowest BCUT2D eigenvalue weighted by Gasteiger charge is -2.26. The SMILES string of the molecule is COC(=O)c1ccc(-c2ccccc2N(C)C(=O)OC(C)(C)C)cc1N. The molecule has 1 amide bonds. The number of carbonyl (C=O) groups excluding carboxylic acids is 2. The van der Waals surface area contributed by atoms with Crippen LogP contribution < -0.4 is 10.6 Å². The van der Waals surface area contributed by atoms with Crippen LogP contribution in [0.1, 0.15) is 31.1 Å². The fourth-order valence-corrected chi connectivity index (χ4v) is 2.47. The average molecular weight is 356 g/mol. The predicted octanol–water partition coefficient (Wildman–Crippen LogP) is 4.09. The molecule has 0 unspecified atom stereocenters. The molecule has 0 bridgehead atoms. The van der Waals surface area contributed by atoms with Gasteiger partial charge in [0.1, 0.15) is 5.60 Å². The maximum atomic E-state index is 12.4. The minimum absolute atomic E-state index is 0.300. The first-order valence-corrected chi connectivity index (χ1v) is 8.18. The summed E-state index contributed by atoms with van der Waals surface area (Å²) in [5.74, 6) is -0.492. The van der Waals surface area contributed by atoms with E-state index in [0.29, 0.717) is 16.9 Å². The molecule has 2 aromatic rings. The van der Waals surface area contributed by atoms with Crippen molar-refractivity contribution in [2.24, 2.45) is 0 Å². The molecule has 0 spiro atoms. The molecule has 138 valence electrons. The lowest BCUT2D eigenvalue weighted by molar-refractivity contribution is 0.0584. The van der Waals surface area contributed by atoms with Crippen LogP contribution in [0.2, 0.25) is 0 Å². The summed E-state index contributed by atoms with van der Waals surface area (Å²) in [5.41, 5.74) is 8.26. The van der Waals surface area contributed by atoms with E-state index >= 15 is 0 Å². The summed E-state index contributed by atoms with van der Waals surface area (Å²) in [5, 5.41) is 0. The Labute approximate surface area is 153 Å². The van der Waals surface area contributed by atoms with E-state index in [2.05, 4.69) is 0 Å². The fourth-order valence-electron chi connectivity index (χ4n) is 2.47. The van der Waals surface area contributed by atoms with Crippen LogP contribution in [0, 0.1) is 0 Å². The van der Waals surface area contributed by atoms with Gasteiger partial charge in [0.15, 0.2) is 0 Å². The smallest absolute Gasteiger partial charge is 0.414 e. The molecule has 2 rings (SSSR count). The molecule has 0 aliphatic rings. The Hall–Kier alpha value is -3.02. The molecule has 0 aliphatic carbocycles. The zero-order chi connectivity index (χ0) is 19.5. The van der Waals surface area contributed by atoms with Crippen molar-refractivity contribution < 1.29 is 19.1 Å². The van der Waals surface area contributed by atoms with Crippen LogP contribution >= 0.6 is 0 Å². The largest absolute Gasteiger partial charge is 0.465 e. The summed E-state index contributed by atoms with van der Waals surface area (Å²) >= 11 is 0. The van der Waals surface area contributed by atoms with E-state index in [1.807, 2.05) is 45.0 Å². The summed E-state index contributed by atoms with van der Waals surface area (Å²) in [6.45, 7) is 5.45. The Morgan fingerprint density at radius 2 is 1.73 bits per heavy atom. The molecular weight excluding hydrogens is 332 g/mol. The van der Waals surface area contributed by atoms with Gasteiger partial charge < -0.3 is 15.2 Å². The third-order valence-corrected chi connectivity index (χ3v) is 3.70. The number of hydrogen-bond acceptors (Lipinski definition) is 5. The van der Waals surface area contributed by atoms with Crippen LogP contribution in [0.4, 0.5) is 16.2 Å². The van der Waals surface area contributed by atoms with E-state index in [1.54, 1.807) is 25.2 Å². The average Bonchev–Trinajstić information content (AvgIpc) is 2.58. The summed E-state index contributed by atoms with van der Waals surface area (Å²) in [6.07, 6.45) is -0.455. The Morgan fingerprint density at radius 1 is 1.08 bits per heavy atom. The molecule has 2 N–H and O–H groups in total. The van der Waals surface area contributed by atoms with Crippen LogP contribution in [-0.4, -0.2) is 31.8 Å². The molecule has 0 aromatic heterocycles. The fraction of sp³-hybridized carbons (Fsp3) is 0.300. The van der Waals surface area contributed by atoms with Crippen LogP contribution in [0.5, 0.6) is 0 Å². The predicted molar refractivity (Wildman–Crippen MR) is 102 cm³/mol. The number of para-hydroxylation sites is 1. The monoisotopic (exact) mass is 356 g/mol. The maximum absolute atomic E-state index is 12.4. The van der Waals surface area contributed by atoms with Gasteiger partial charge in [-0.2, -0.15) is 0 Å². The van der Waals surface area contributed by atoms with Crippen molar-refractivity contribution in [2.75, 3.05) is 24.8 Å². The standard InChI is InChI=1S/C20H24N2O4/c1-20(2,3)26-19(24)22(4)17-9-7-6-8-14(17)13-10-11-15(16(21)12-13)18(23)25-5/h6-12H,21H2,1-5H3. The second-order valence-corrected chi connectivity index (χ2v) is 6.85. The lowest BCUT2D eigenvalue weighted by Crippen LogP contribution is -2.34. The highest BCUT2D eigenvalue weighted by Crippen LogP contribution is 2.33. The molecule has 0 radical (unpaired) electrons. The highest BCUT2D eigenvalue weighted by molar-refractivity contribution is 5.98. The minimum Gasteiger partial charge on any atom is -0.465 e. The third kappa shape index (κ3) is 4.33. The van der Waals surface area contributed by atoms with Gasteiger partial charge in [0.25, 0.3) is 0 Å². The molecule has 0 fully saturated rings. The second kappa shape index (κ2) is 7.47. The first-order valence-electron chi connectivity index (χ1n) is 8.18. The van der Waals surface area contributed by atoms with Gasteiger partial charge in [-0.15, -0.1) is 0 Å². The van der Waals surface area contributed by atoms with E-state index in [9.17, 15) is 9.59 Å². The Bertz CT molecular complexity index is 825. The van der Waals surface area contributed by atoms with Crippen molar-refractivity contribution in [3.05, 3.63) is 48.0 Å². The number of nitrogen functional groups attached to an aromatic ring is 1. The van der Waals surface area contributed by atoms with Gasteiger partial charge in [-0.3, -0.25) is 4.90 Å². The normalized spacial score (nSPS) is 11.0. The lowest BCUT2D eigenvalue weighted by atomic mass is 10.0. The molecule has 0 aliphatic heterocycles. The first kappa shape index (κ1) is 19.3.